The second-order valence-electron chi connectivity index (χ2n) is 6.07. The van der Waals surface area contributed by atoms with Crippen LogP contribution in [0.4, 0.5) is 0 Å². The van der Waals surface area contributed by atoms with Crippen LogP contribution in [0.15, 0.2) is 29.4 Å². The third kappa shape index (κ3) is 2.54. The van der Waals surface area contributed by atoms with Crippen LogP contribution in [0.5, 0.6) is 0 Å². The van der Waals surface area contributed by atoms with E-state index in [1.165, 1.54) is 18.2 Å². The van der Waals surface area contributed by atoms with Gasteiger partial charge in [-0.25, -0.2) is 4.98 Å². The van der Waals surface area contributed by atoms with E-state index in [4.69, 9.17) is 5.11 Å². The molecule has 1 fully saturated rings. The van der Waals surface area contributed by atoms with Gasteiger partial charge in [0.1, 0.15) is 0 Å². The number of rotatable bonds is 5. The van der Waals surface area contributed by atoms with Gasteiger partial charge in [-0.15, -0.1) is 0 Å². The molecule has 1 aromatic heterocycles. The molecule has 20 heavy (non-hydrogen) atoms. The molecule has 5 heteroatoms. The van der Waals surface area contributed by atoms with Crippen molar-refractivity contribution in [2.75, 3.05) is 5.75 Å². The molecule has 0 aliphatic heterocycles. The van der Waals surface area contributed by atoms with Crippen molar-refractivity contribution in [2.45, 2.75) is 32.0 Å². The average molecular weight is 290 g/mol. The molecule has 1 unspecified atom stereocenters. The predicted molar refractivity (Wildman–Crippen MR) is 80.0 cm³/mol. The van der Waals surface area contributed by atoms with Gasteiger partial charge in [0.25, 0.3) is 0 Å². The van der Waals surface area contributed by atoms with Crippen molar-refractivity contribution in [3.63, 3.8) is 0 Å². The molecule has 3 rings (SSSR count). The molecule has 4 nitrogen and oxygen atoms in total. The van der Waals surface area contributed by atoms with E-state index in [1.807, 2.05) is 18.2 Å². The Labute approximate surface area is 122 Å². The molecule has 0 saturated heterocycles. The van der Waals surface area contributed by atoms with E-state index in [2.05, 4.69) is 29.5 Å². The van der Waals surface area contributed by atoms with E-state index in [0.717, 1.165) is 22.7 Å². The number of thioether (sulfide) groups is 1. The lowest BCUT2D eigenvalue weighted by Gasteiger charge is -2.09. The first-order valence-electron chi connectivity index (χ1n) is 6.77. The molecule has 2 aromatic rings. The van der Waals surface area contributed by atoms with E-state index >= 15 is 0 Å². The van der Waals surface area contributed by atoms with Gasteiger partial charge in [-0.3, -0.25) is 4.79 Å². The van der Waals surface area contributed by atoms with E-state index in [9.17, 15) is 4.79 Å². The summed E-state index contributed by atoms with van der Waals surface area (Å²) in [5.41, 5.74) is 2.45. The summed E-state index contributed by atoms with van der Waals surface area (Å²) in [5.74, 6) is -0.0955. The molecule has 0 amide bonds. The number of para-hydroxylation sites is 2. The van der Waals surface area contributed by atoms with Crippen molar-refractivity contribution in [3.05, 3.63) is 24.3 Å². The van der Waals surface area contributed by atoms with Crippen LogP contribution < -0.4 is 0 Å². The lowest BCUT2D eigenvalue weighted by Crippen LogP contribution is -2.06. The highest BCUT2D eigenvalue weighted by atomic mass is 32.2. The third-order valence-electron chi connectivity index (χ3n) is 4.06. The minimum Gasteiger partial charge on any atom is -0.481 e. The zero-order valence-electron chi connectivity index (χ0n) is 11.7. The van der Waals surface area contributed by atoms with Gasteiger partial charge in [-0.1, -0.05) is 37.7 Å². The largest absolute Gasteiger partial charge is 0.481 e. The maximum absolute atomic E-state index is 10.8. The number of nitrogens with zero attached hydrogens (tertiary/aromatic N) is 2. The Morgan fingerprint density at radius 1 is 1.50 bits per heavy atom. The van der Waals surface area contributed by atoms with Gasteiger partial charge >= 0.3 is 5.97 Å². The molecule has 1 aromatic carbocycles. The van der Waals surface area contributed by atoms with E-state index < -0.39 is 5.97 Å². The highest BCUT2D eigenvalue weighted by Crippen LogP contribution is 2.53. The number of hydrogen-bond donors (Lipinski definition) is 1. The highest BCUT2D eigenvalue weighted by molar-refractivity contribution is 7.99. The molecular formula is C15H18N2O2S. The number of aliphatic carboxylic acids is 1. The fourth-order valence-corrected chi connectivity index (χ4v) is 3.32. The first-order chi connectivity index (χ1) is 9.47. The van der Waals surface area contributed by atoms with Crippen LogP contribution in [0.1, 0.15) is 20.3 Å². The van der Waals surface area contributed by atoms with Crippen LogP contribution in [-0.4, -0.2) is 26.4 Å². The molecule has 0 spiro atoms. The van der Waals surface area contributed by atoms with Gasteiger partial charge < -0.3 is 9.67 Å². The summed E-state index contributed by atoms with van der Waals surface area (Å²) >= 11 is 1.30. The second-order valence-corrected chi connectivity index (χ2v) is 7.01. The summed E-state index contributed by atoms with van der Waals surface area (Å²) in [4.78, 5) is 15.4. The first kappa shape index (κ1) is 13.5. The predicted octanol–water partition coefficient (Wildman–Crippen LogP) is 3.26. The Morgan fingerprint density at radius 2 is 2.20 bits per heavy atom. The lowest BCUT2D eigenvalue weighted by molar-refractivity contribution is -0.133. The second kappa shape index (κ2) is 4.81. The highest BCUT2D eigenvalue weighted by Gasteiger charge is 2.45. The van der Waals surface area contributed by atoms with Gasteiger partial charge in [-0.05, 0) is 29.9 Å². The zero-order valence-corrected chi connectivity index (χ0v) is 12.5. The van der Waals surface area contributed by atoms with Crippen molar-refractivity contribution < 1.29 is 9.90 Å². The molecule has 1 heterocycles. The quantitative estimate of drug-likeness (QED) is 0.859. The Kier molecular flexibility index (Phi) is 3.24. The fourth-order valence-electron chi connectivity index (χ4n) is 2.57. The number of carbonyl (C=O) groups is 1. The number of fused-ring (bicyclic) bond motifs is 1. The van der Waals surface area contributed by atoms with Crippen LogP contribution in [0.25, 0.3) is 11.0 Å². The van der Waals surface area contributed by atoms with Crippen molar-refractivity contribution >= 4 is 28.8 Å². The molecule has 1 N–H and O–H groups in total. The van der Waals surface area contributed by atoms with Gasteiger partial charge in [-0.2, -0.15) is 0 Å². The minimum absolute atomic E-state index is 0.0530. The van der Waals surface area contributed by atoms with E-state index in [0.29, 0.717) is 11.3 Å². The molecule has 106 valence electrons. The molecule has 0 bridgehead atoms. The van der Waals surface area contributed by atoms with Crippen molar-refractivity contribution in [1.82, 2.24) is 9.55 Å². The monoisotopic (exact) mass is 290 g/mol. The molecule has 1 aliphatic rings. The summed E-state index contributed by atoms with van der Waals surface area (Å²) in [6, 6.07) is 8.01. The van der Waals surface area contributed by atoms with Gasteiger partial charge in [0, 0.05) is 6.54 Å². The van der Waals surface area contributed by atoms with Crippen molar-refractivity contribution in [1.29, 1.82) is 0 Å². The first-order valence-corrected chi connectivity index (χ1v) is 7.76. The Morgan fingerprint density at radius 3 is 2.85 bits per heavy atom. The summed E-state index contributed by atoms with van der Waals surface area (Å²) in [7, 11) is 0. The number of benzene rings is 1. The SMILES string of the molecule is CC1(C)CC1Cn1c(SCC(=O)O)nc2ccccc21. The molecular weight excluding hydrogens is 272 g/mol. The molecule has 1 saturated carbocycles. The fraction of sp³-hybridized carbons (Fsp3) is 0.467. The van der Waals surface area contributed by atoms with Crippen LogP contribution >= 0.6 is 11.8 Å². The smallest absolute Gasteiger partial charge is 0.313 e. The van der Waals surface area contributed by atoms with E-state index in [-0.39, 0.29) is 5.75 Å². The normalized spacial score (nSPS) is 20.2. The maximum Gasteiger partial charge on any atom is 0.313 e. The van der Waals surface area contributed by atoms with Gasteiger partial charge in [0.2, 0.25) is 0 Å². The molecule has 1 atom stereocenters. The zero-order chi connectivity index (χ0) is 14.3. The number of aromatic nitrogens is 2. The minimum atomic E-state index is -0.805. The summed E-state index contributed by atoms with van der Waals surface area (Å²) < 4.78 is 2.18. The Hall–Kier alpha value is -1.49. The molecule has 1 aliphatic carbocycles. The van der Waals surface area contributed by atoms with Gasteiger partial charge in [0.05, 0.1) is 16.8 Å². The van der Waals surface area contributed by atoms with Crippen LogP contribution in [0, 0.1) is 11.3 Å². The summed E-state index contributed by atoms with van der Waals surface area (Å²) in [6.07, 6.45) is 1.22. The number of carboxylic acids is 1. The van der Waals surface area contributed by atoms with Crippen molar-refractivity contribution in [2.24, 2.45) is 11.3 Å². The van der Waals surface area contributed by atoms with Gasteiger partial charge in [0.15, 0.2) is 5.16 Å². The van der Waals surface area contributed by atoms with Crippen LogP contribution in [-0.2, 0) is 11.3 Å². The number of hydrogen-bond acceptors (Lipinski definition) is 3. The number of carboxylic acid groups (broad SMARTS) is 1. The standard InChI is InChI=1S/C15H18N2O2S/c1-15(2)7-10(15)8-17-12-6-4-3-5-11(12)16-14(17)20-9-13(18)19/h3-6,10H,7-9H2,1-2H3,(H,18,19). The summed E-state index contributed by atoms with van der Waals surface area (Å²) in [5, 5.41) is 9.68. The summed E-state index contributed by atoms with van der Waals surface area (Å²) in [6.45, 7) is 5.48. The topological polar surface area (TPSA) is 55.1 Å². The third-order valence-corrected chi connectivity index (χ3v) is 5.03. The average Bonchev–Trinajstić information content (AvgIpc) is 2.84. The van der Waals surface area contributed by atoms with Crippen LogP contribution in [0.3, 0.4) is 0 Å². The molecule has 0 radical (unpaired) electrons. The maximum atomic E-state index is 10.8. The number of imidazole rings is 1. The lowest BCUT2D eigenvalue weighted by atomic mass is 10.1. The van der Waals surface area contributed by atoms with E-state index in [1.54, 1.807) is 0 Å². The Bertz CT molecular complexity index is 663. The van der Waals surface area contributed by atoms with Crippen LogP contribution in [0.2, 0.25) is 0 Å². The van der Waals surface area contributed by atoms with Crippen molar-refractivity contribution in [3.8, 4) is 0 Å². The Balaban J connectivity index is 1.93.